The summed E-state index contributed by atoms with van der Waals surface area (Å²) in [5.74, 6) is 0. The van der Waals surface area contributed by atoms with Gasteiger partial charge in [-0.1, -0.05) is 20.3 Å². The van der Waals surface area contributed by atoms with Crippen LogP contribution < -0.4 is 0 Å². The Labute approximate surface area is 115 Å². The fourth-order valence-corrected chi connectivity index (χ4v) is 2.40. The van der Waals surface area contributed by atoms with Gasteiger partial charge in [0.1, 0.15) is 0 Å². The number of rotatable bonds is 8. The Balaban J connectivity index is 2.57. The fraction of sp³-hybridized carbons (Fsp3) is 0.786. The van der Waals surface area contributed by atoms with Crippen molar-refractivity contribution in [1.29, 1.82) is 0 Å². The average molecular weight is 273 g/mol. The zero-order chi connectivity index (χ0) is 13.5. The van der Waals surface area contributed by atoms with Crippen LogP contribution in [0, 0.1) is 13.8 Å². The van der Waals surface area contributed by atoms with E-state index in [9.17, 15) is 0 Å². The van der Waals surface area contributed by atoms with E-state index in [0.29, 0.717) is 0 Å². The van der Waals surface area contributed by atoms with Crippen LogP contribution >= 0.6 is 11.6 Å². The van der Waals surface area contributed by atoms with Gasteiger partial charge in [0, 0.05) is 17.9 Å². The van der Waals surface area contributed by atoms with Crippen molar-refractivity contribution in [2.75, 3.05) is 13.2 Å². The van der Waals surface area contributed by atoms with Crippen LogP contribution in [0.3, 0.4) is 0 Å². The lowest BCUT2D eigenvalue weighted by Crippen LogP contribution is -2.10. The van der Waals surface area contributed by atoms with Crippen molar-refractivity contribution >= 4 is 11.6 Å². The summed E-state index contributed by atoms with van der Waals surface area (Å²) in [6.07, 6.45) is 3.23. The van der Waals surface area contributed by atoms with Gasteiger partial charge in [0.15, 0.2) is 0 Å². The molecule has 0 aromatic carbocycles. The molecule has 0 radical (unpaired) electrons. The van der Waals surface area contributed by atoms with Crippen molar-refractivity contribution in [3.8, 4) is 0 Å². The minimum absolute atomic E-state index is 0.0692. The van der Waals surface area contributed by atoms with Crippen LogP contribution in [0.25, 0.3) is 0 Å². The Kier molecular flexibility index (Phi) is 6.72. The van der Waals surface area contributed by atoms with Gasteiger partial charge in [-0.25, -0.2) is 0 Å². The van der Waals surface area contributed by atoms with E-state index in [2.05, 4.69) is 25.9 Å². The molecule has 0 spiro atoms. The van der Waals surface area contributed by atoms with E-state index in [0.717, 1.165) is 38.3 Å². The highest BCUT2D eigenvalue weighted by atomic mass is 35.5. The maximum Gasteiger partial charge on any atom is 0.0662 e. The number of hydrogen-bond donors (Lipinski definition) is 0. The second-order valence-corrected chi connectivity index (χ2v) is 5.18. The van der Waals surface area contributed by atoms with Crippen molar-refractivity contribution in [2.45, 2.75) is 58.9 Å². The van der Waals surface area contributed by atoms with E-state index in [1.165, 1.54) is 17.7 Å². The first-order valence-corrected chi connectivity index (χ1v) is 7.31. The minimum Gasteiger partial charge on any atom is -0.380 e. The largest absolute Gasteiger partial charge is 0.380 e. The summed E-state index contributed by atoms with van der Waals surface area (Å²) >= 11 is 6.33. The lowest BCUT2D eigenvalue weighted by molar-refractivity contribution is 0.120. The Bertz CT molecular complexity index is 363. The third kappa shape index (κ3) is 3.99. The highest BCUT2D eigenvalue weighted by Crippen LogP contribution is 2.29. The molecule has 3 nitrogen and oxygen atoms in total. The van der Waals surface area contributed by atoms with Gasteiger partial charge in [-0.15, -0.1) is 11.6 Å². The number of aryl methyl sites for hydroxylation is 1. The lowest BCUT2D eigenvalue weighted by Gasteiger charge is -2.09. The second kappa shape index (κ2) is 7.80. The summed E-state index contributed by atoms with van der Waals surface area (Å²) in [6, 6.07) is 0. The van der Waals surface area contributed by atoms with Crippen LogP contribution in [-0.4, -0.2) is 23.0 Å². The molecular weight excluding hydrogens is 248 g/mol. The normalized spacial score (nSPS) is 12.9. The van der Waals surface area contributed by atoms with E-state index >= 15 is 0 Å². The molecule has 1 aromatic rings. The lowest BCUT2D eigenvalue weighted by atomic mass is 10.1. The van der Waals surface area contributed by atoms with Crippen molar-refractivity contribution in [1.82, 2.24) is 9.78 Å². The number of halogens is 1. The van der Waals surface area contributed by atoms with E-state index in [-0.39, 0.29) is 5.38 Å². The summed E-state index contributed by atoms with van der Waals surface area (Å²) in [5, 5.41) is 4.62. The molecule has 0 saturated heterocycles. The first-order valence-electron chi connectivity index (χ1n) is 6.87. The molecule has 1 unspecified atom stereocenters. The van der Waals surface area contributed by atoms with Crippen LogP contribution in [0.4, 0.5) is 0 Å². The van der Waals surface area contributed by atoms with Crippen LogP contribution in [0.2, 0.25) is 0 Å². The molecule has 0 amide bonds. The third-order valence-electron chi connectivity index (χ3n) is 3.20. The van der Waals surface area contributed by atoms with Gasteiger partial charge >= 0.3 is 0 Å². The maximum atomic E-state index is 6.33. The van der Waals surface area contributed by atoms with E-state index in [4.69, 9.17) is 16.3 Å². The molecule has 104 valence electrons. The Morgan fingerprint density at radius 1 is 1.28 bits per heavy atom. The summed E-state index contributed by atoms with van der Waals surface area (Å²) < 4.78 is 7.59. The SMILES string of the molecule is CCCCOCCn1nc(C)c(C(Cl)CC)c1C. The average Bonchev–Trinajstić information content (AvgIpc) is 2.63. The van der Waals surface area contributed by atoms with Crippen LogP contribution in [0.5, 0.6) is 0 Å². The van der Waals surface area contributed by atoms with Gasteiger partial charge in [-0.2, -0.15) is 5.10 Å². The molecule has 1 aromatic heterocycles. The third-order valence-corrected chi connectivity index (χ3v) is 3.73. The zero-order valence-electron chi connectivity index (χ0n) is 12.0. The highest BCUT2D eigenvalue weighted by Gasteiger charge is 2.17. The molecule has 0 aliphatic rings. The van der Waals surface area contributed by atoms with Gasteiger partial charge in [0.25, 0.3) is 0 Å². The van der Waals surface area contributed by atoms with Crippen molar-refractivity contribution in [2.24, 2.45) is 0 Å². The number of hydrogen-bond acceptors (Lipinski definition) is 2. The van der Waals surface area contributed by atoms with Gasteiger partial charge in [0.05, 0.1) is 24.2 Å². The molecule has 0 aliphatic carbocycles. The molecule has 0 N–H and O–H groups in total. The Morgan fingerprint density at radius 3 is 2.61 bits per heavy atom. The van der Waals surface area contributed by atoms with Gasteiger partial charge in [-0.05, 0) is 26.7 Å². The predicted octanol–water partition coefficient (Wildman–Crippen LogP) is 4.01. The van der Waals surface area contributed by atoms with Crippen LogP contribution in [-0.2, 0) is 11.3 Å². The number of alkyl halides is 1. The molecule has 0 saturated carbocycles. The molecule has 1 heterocycles. The van der Waals surface area contributed by atoms with Gasteiger partial charge in [-0.3, -0.25) is 4.68 Å². The highest BCUT2D eigenvalue weighted by molar-refractivity contribution is 6.20. The molecular formula is C14H25ClN2O. The Hall–Kier alpha value is -0.540. The molecule has 18 heavy (non-hydrogen) atoms. The minimum atomic E-state index is 0.0692. The van der Waals surface area contributed by atoms with Crippen LogP contribution in [0.1, 0.15) is 55.4 Å². The molecule has 1 rings (SSSR count). The Morgan fingerprint density at radius 2 is 2.00 bits per heavy atom. The molecule has 0 aliphatic heterocycles. The summed E-state index contributed by atoms with van der Waals surface area (Å²) in [4.78, 5) is 0. The second-order valence-electron chi connectivity index (χ2n) is 4.65. The zero-order valence-corrected chi connectivity index (χ0v) is 12.8. The quantitative estimate of drug-likeness (QED) is 0.528. The number of nitrogens with zero attached hydrogens (tertiary/aromatic N) is 2. The van der Waals surface area contributed by atoms with Crippen LogP contribution in [0.15, 0.2) is 0 Å². The van der Waals surface area contributed by atoms with Gasteiger partial charge < -0.3 is 4.74 Å². The van der Waals surface area contributed by atoms with Crippen molar-refractivity contribution < 1.29 is 4.74 Å². The summed E-state index contributed by atoms with van der Waals surface area (Å²) in [7, 11) is 0. The van der Waals surface area contributed by atoms with E-state index in [1.807, 2.05) is 11.6 Å². The number of aromatic nitrogens is 2. The molecule has 0 bridgehead atoms. The standard InChI is InChI=1S/C14H25ClN2O/c1-5-7-9-18-10-8-17-12(4)14(11(3)16-17)13(15)6-2/h13H,5-10H2,1-4H3. The fourth-order valence-electron chi connectivity index (χ4n) is 2.09. The summed E-state index contributed by atoms with van der Waals surface area (Å²) in [6.45, 7) is 10.8. The first kappa shape index (κ1) is 15.5. The van der Waals surface area contributed by atoms with Crippen molar-refractivity contribution in [3.05, 3.63) is 17.0 Å². The molecule has 4 heteroatoms. The number of ether oxygens (including phenoxy) is 1. The molecule has 1 atom stereocenters. The first-order chi connectivity index (χ1) is 8.61. The smallest absolute Gasteiger partial charge is 0.0662 e. The van der Waals surface area contributed by atoms with E-state index in [1.54, 1.807) is 0 Å². The predicted molar refractivity (Wildman–Crippen MR) is 76.3 cm³/mol. The maximum absolute atomic E-state index is 6.33. The number of unbranched alkanes of at least 4 members (excludes halogenated alkanes) is 1. The van der Waals surface area contributed by atoms with Gasteiger partial charge in [0.2, 0.25) is 0 Å². The monoisotopic (exact) mass is 272 g/mol. The van der Waals surface area contributed by atoms with Crippen molar-refractivity contribution in [3.63, 3.8) is 0 Å². The topological polar surface area (TPSA) is 27.1 Å². The molecule has 0 fully saturated rings. The van der Waals surface area contributed by atoms with E-state index < -0.39 is 0 Å². The summed E-state index contributed by atoms with van der Waals surface area (Å²) in [5.41, 5.74) is 3.41.